The molecule has 0 aliphatic rings. The molecule has 0 aliphatic carbocycles. The molecule has 0 heterocycles. The zero-order chi connectivity index (χ0) is 19.1. The van der Waals surface area contributed by atoms with Crippen molar-refractivity contribution in [3.63, 3.8) is 0 Å². The Kier molecular flexibility index (Phi) is 6.71. The first-order valence-corrected chi connectivity index (χ1v) is 7.94. The summed E-state index contributed by atoms with van der Waals surface area (Å²) < 4.78 is 4.59. The molecule has 0 unspecified atom stereocenters. The highest BCUT2D eigenvalue weighted by molar-refractivity contribution is 6.42. The van der Waals surface area contributed by atoms with E-state index in [2.05, 4.69) is 20.6 Å². The predicted octanol–water partition coefficient (Wildman–Crippen LogP) is 2.87. The topological polar surface area (TPSA) is 96.9 Å². The number of anilines is 1. The first-order valence-electron chi connectivity index (χ1n) is 7.18. The number of nitrogens with zero attached hydrogens (tertiary/aromatic N) is 1. The van der Waals surface area contributed by atoms with Crippen molar-refractivity contribution in [1.82, 2.24) is 5.43 Å². The molecule has 0 atom stereocenters. The second-order valence-electron chi connectivity index (χ2n) is 4.89. The molecule has 2 aromatic rings. The fraction of sp³-hybridized carbons (Fsp3) is 0.0588. The highest BCUT2D eigenvalue weighted by Gasteiger charge is 2.14. The molecule has 2 rings (SSSR count). The predicted molar refractivity (Wildman–Crippen MR) is 98.6 cm³/mol. The Morgan fingerprint density at radius 1 is 1.04 bits per heavy atom. The van der Waals surface area contributed by atoms with Gasteiger partial charge in [0, 0.05) is 5.02 Å². The molecule has 2 N–H and O–H groups in total. The van der Waals surface area contributed by atoms with Gasteiger partial charge in [-0.05, 0) is 35.9 Å². The molecular weight excluding hydrogens is 381 g/mol. The fourth-order valence-corrected chi connectivity index (χ4v) is 2.15. The zero-order valence-corrected chi connectivity index (χ0v) is 15.0. The number of esters is 1. The van der Waals surface area contributed by atoms with Crippen molar-refractivity contribution in [3.05, 3.63) is 63.6 Å². The number of hydrogen-bond acceptors (Lipinski definition) is 5. The van der Waals surface area contributed by atoms with Crippen molar-refractivity contribution >= 4 is 52.9 Å². The Hall–Kier alpha value is -2.90. The van der Waals surface area contributed by atoms with Gasteiger partial charge in [-0.15, -0.1) is 0 Å². The third kappa shape index (κ3) is 5.30. The second-order valence-corrected chi connectivity index (χ2v) is 5.73. The van der Waals surface area contributed by atoms with Gasteiger partial charge < -0.3 is 10.1 Å². The maximum absolute atomic E-state index is 11.8. The Morgan fingerprint density at radius 2 is 1.73 bits per heavy atom. The minimum Gasteiger partial charge on any atom is -0.465 e. The van der Waals surface area contributed by atoms with Gasteiger partial charge in [-0.25, -0.2) is 10.2 Å². The minimum atomic E-state index is -0.983. The third-order valence-electron chi connectivity index (χ3n) is 3.09. The monoisotopic (exact) mass is 393 g/mol. The molecule has 2 aromatic carbocycles. The van der Waals surface area contributed by atoms with Crippen molar-refractivity contribution < 1.29 is 19.1 Å². The smallest absolute Gasteiger partial charge is 0.337 e. The Bertz CT molecular complexity index is 867. The van der Waals surface area contributed by atoms with Gasteiger partial charge in [0.15, 0.2) is 0 Å². The number of halogens is 2. The molecule has 0 radical (unpaired) electrons. The van der Waals surface area contributed by atoms with E-state index >= 15 is 0 Å². The first kappa shape index (κ1) is 19.4. The van der Waals surface area contributed by atoms with Crippen LogP contribution in [0, 0.1) is 0 Å². The lowest BCUT2D eigenvalue weighted by Gasteiger charge is -2.06. The van der Waals surface area contributed by atoms with Gasteiger partial charge in [-0.3, -0.25) is 9.59 Å². The summed E-state index contributed by atoms with van der Waals surface area (Å²) >= 11 is 11.7. The molecule has 0 fully saturated rings. The maximum Gasteiger partial charge on any atom is 0.337 e. The second kappa shape index (κ2) is 8.98. The van der Waals surface area contributed by atoms with Crippen molar-refractivity contribution in [1.29, 1.82) is 0 Å². The number of hydrazone groups is 1. The number of hydrogen-bond donors (Lipinski definition) is 2. The number of rotatable bonds is 4. The molecule has 0 saturated carbocycles. The van der Waals surface area contributed by atoms with E-state index in [1.54, 1.807) is 30.3 Å². The van der Waals surface area contributed by atoms with E-state index in [4.69, 9.17) is 23.2 Å². The van der Waals surface area contributed by atoms with Crippen LogP contribution in [0.25, 0.3) is 0 Å². The number of nitrogens with one attached hydrogen (secondary N) is 2. The number of carbonyl (C=O) groups is 3. The Labute approximate surface area is 158 Å². The summed E-state index contributed by atoms with van der Waals surface area (Å²) in [6, 6.07) is 10.8. The van der Waals surface area contributed by atoms with Crippen LogP contribution in [0.5, 0.6) is 0 Å². The van der Waals surface area contributed by atoms with Crippen molar-refractivity contribution in [3.8, 4) is 0 Å². The summed E-state index contributed by atoms with van der Waals surface area (Å²) in [4.78, 5) is 34.9. The van der Waals surface area contributed by atoms with Crippen molar-refractivity contribution in [2.45, 2.75) is 0 Å². The summed E-state index contributed by atoms with van der Waals surface area (Å²) in [6.45, 7) is 0. The van der Waals surface area contributed by atoms with Crippen LogP contribution in [-0.2, 0) is 14.3 Å². The molecule has 0 aromatic heterocycles. The molecule has 0 saturated heterocycles. The van der Waals surface area contributed by atoms with Gasteiger partial charge in [0.05, 0.1) is 29.6 Å². The molecule has 0 bridgehead atoms. The molecular formula is C17H13Cl2N3O4. The van der Waals surface area contributed by atoms with Crippen LogP contribution in [0.3, 0.4) is 0 Å². The van der Waals surface area contributed by atoms with E-state index in [-0.39, 0.29) is 10.7 Å². The molecule has 134 valence electrons. The van der Waals surface area contributed by atoms with Crippen LogP contribution in [-0.4, -0.2) is 31.1 Å². The van der Waals surface area contributed by atoms with E-state index in [9.17, 15) is 14.4 Å². The van der Waals surface area contributed by atoms with Crippen LogP contribution in [0.1, 0.15) is 15.9 Å². The summed E-state index contributed by atoms with van der Waals surface area (Å²) in [5, 5.41) is 6.61. The SMILES string of the molecule is COC(=O)c1ccc(C=NNC(=O)C(=O)Nc2cc(Cl)ccc2Cl)cc1. The fourth-order valence-electron chi connectivity index (χ4n) is 1.81. The average Bonchev–Trinajstić information content (AvgIpc) is 2.64. The molecule has 26 heavy (non-hydrogen) atoms. The van der Waals surface area contributed by atoms with Gasteiger partial charge in [-0.2, -0.15) is 5.10 Å². The number of methoxy groups -OCH3 is 1. The van der Waals surface area contributed by atoms with Gasteiger partial charge in [0.25, 0.3) is 0 Å². The summed E-state index contributed by atoms with van der Waals surface area (Å²) in [5.74, 6) is -2.39. The van der Waals surface area contributed by atoms with Crippen molar-refractivity contribution in [2.24, 2.45) is 5.10 Å². The first-order chi connectivity index (χ1) is 12.4. The average molecular weight is 394 g/mol. The van der Waals surface area contributed by atoms with Crippen LogP contribution in [0.2, 0.25) is 10.0 Å². The van der Waals surface area contributed by atoms with Crippen LogP contribution in [0.15, 0.2) is 47.6 Å². The van der Waals surface area contributed by atoms with Crippen LogP contribution >= 0.6 is 23.2 Å². The number of amides is 2. The van der Waals surface area contributed by atoms with E-state index < -0.39 is 17.8 Å². The van der Waals surface area contributed by atoms with Gasteiger partial charge in [0.2, 0.25) is 0 Å². The lowest BCUT2D eigenvalue weighted by atomic mass is 10.1. The quantitative estimate of drug-likeness (QED) is 0.361. The van der Waals surface area contributed by atoms with E-state index in [0.717, 1.165) is 0 Å². The van der Waals surface area contributed by atoms with Gasteiger partial charge >= 0.3 is 17.8 Å². The molecule has 0 spiro atoms. The normalized spacial score (nSPS) is 10.4. The van der Waals surface area contributed by atoms with Crippen LogP contribution in [0.4, 0.5) is 5.69 Å². The number of carbonyl (C=O) groups excluding carboxylic acids is 3. The van der Waals surface area contributed by atoms with Gasteiger partial charge in [0.1, 0.15) is 0 Å². The highest BCUT2D eigenvalue weighted by Crippen LogP contribution is 2.25. The largest absolute Gasteiger partial charge is 0.465 e. The molecule has 0 aliphatic heterocycles. The lowest BCUT2D eigenvalue weighted by Crippen LogP contribution is -2.32. The zero-order valence-electron chi connectivity index (χ0n) is 13.5. The Morgan fingerprint density at radius 3 is 2.38 bits per heavy atom. The standard InChI is InChI=1S/C17H13Cl2N3O4/c1-26-17(25)11-4-2-10(3-5-11)9-20-22-16(24)15(23)21-14-8-12(18)6-7-13(14)19/h2-9H,1H3,(H,21,23)(H,22,24). The maximum atomic E-state index is 11.8. The number of benzene rings is 2. The van der Waals surface area contributed by atoms with E-state index in [0.29, 0.717) is 16.1 Å². The van der Waals surface area contributed by atoms with E-state index in [1.807, 2.05) is 0 Å². The van der Waals surface area contributed by atoms with Crippen LogP contribution < -0.4 is 10.7 Å². The minimum absolute atomic E-state index is 0.210. The summed E-state index contributed by atoms with van der Waals surface area (Å²) in [6.07, 6.45) is 1.32. The summed E-state index contributed by atoms with van der Waals surface area (Å²) in [5.41, 5.74) is 3.28. The third-order valence-corrected chi connectivity index (χ3v) is 3.66. The molecule has 2 amide bonds. The number of ether oxygens (including phenoxy) is 1. The van der Waals surface area contributed by atoms with Crippen molar-refractivity contribution in [2.75, 3.05) is 12.4 Å². The lowest BCUT2D eigenvalue weighted by molar-refractivity contribution is -0.136. The van der Waals surface area contributed by atoms with E-state index in [1.165, 1.54) is 25.5 Å². The summed E-state index contributed by atoms with van der Waals surface area (Å²) in [7, 11) is 1.29. The highest BCUT2D eigenvalue weighted by atomic mass is 35.5. The molecule has 9 heteroatoms. The Balaban J connectivity index is 1.93. The van der Waals surface area contributed by atoms with Gasteiger partial charge in [-0.1, -0.05) is 35.3 Å². The molecule has 7 nitrogen and oxygen atoms in total.